The third-order valence-electron chi connectivity index (χ3n) is 4.75. The molecule has 0 atom stereocenters. The molecule has 0 saturated carbocycles. The Morgan fingerprint density at radius 1 is 1.11 bits per heavy atom. The number of hydrogen-bond donors (Lipinski definition) is 2. The van der Waals surface area contributed by atoms with Crippen molar-refractivity contribution in [3.63, 3.8) is 0 Å². The second-order valence-electron chi connectivity index (χ2n) is 6.65. The highest BCUT2D eigenvalue weighted by Crippen LogP contribution is 2.35. The van der Waals surface area contributed by atoms with Crippen molar-refractivity contribution in [3.8, 4) is 0 Å². The first-order chi connectivity index (χ1) is 13.3. The van der Waals surface area contributed by atoms with Gasteiger partial charge >= 0.3 is 6.18 Å². The Bertz CT molecular complexity index is 837. The van der Waals surface area contributed by atoms with Crippen molar-refractivity contribution in [2.75, 3.05) is 31.6 Å². The third kappa shape index (κ3) is 4.99. The lowest BCUT2D eigenvalue weighted by atomic mass is 10.1. The van der Waals surface area contributed by atoms with Gasteiger partial charge in [0.15, 0.2) is 0 Å². The Morgan fingerprint density at radius 3 is 2.43 bits per heavy atom. The normalized spacial score (nSPS) is 15.4. The number of benzene rings is 2. The molecule has 2 aromatic carbocycles. The van der Waals surface area contributed by atoms with Gasteiger partial charge in [-0.2, -0.15) is 13.2 Å². The molecule has 9 heteroatoms. The molecule has 1 heterocycles. The standard InChI is InChI=1S/C19H20F3N3O3/c20-19(21,22)16-5-6-17(18(11-16)25(26)27)23-12-14-3-1-2-4-15(14)13-24-7-9-28-10-8-24/h1-6,11,23H,7-10,12-13H2/p+1. The van der Waals surface area contributed by atoms with E-state index >= 15 is 0 Å². The monoisotopic (exact) mass is 396 g/mol. The van der Waals surface area contributed by atoms with Crippen LogP contribution in [-0.2, 0) is 24.0 Å². The van der Waals surface area contributed by atoms with Gasteiger partial charge < -0.3 is 15.0 Å². The molecule has 0 radical (unpaired) electrons. The second kappa shape index (κ2) is 8.57. The molecule has 1 fully saturated rings. The number of hydrogen-bond acceptors (Lipinski definition) is 4. The van der Waals surface area contributed by atoms with Gasteiger partial charge in [-0.05, 0) is 17.7 Å². The van der Waals surface area contributed by atoms with Crippen molar-refractivity contribution in [3.05, 3.63) is 69.3 Å². The first-order valence-corrected chi connectivity index (χ1v) is 8.92. The van der Waals surface area contributed by atoms with Crippen LogP contribution in [0.3, 0.4) is 0 Å². The van der Waals surface area contributed by atoms with E-state index in [1.807, 2.05) is 24.3 Å². The summed E-state index contributed by atoms with van der Waals surface area (Å²) in [7, 11) is 0. The van der Waals surface area contributed by atoms with Crippen LogP contribution in [0.4, 0.5) is 24.5 Å². The molecular weight excluding hydrogens is 375 g/mol. The topological polar surface area (TPSA) is 68.8 Å². The molecule has 0 amide bonds. The summed E-state index contributed by atoms with van der Waals surface area (Å²) in [5, 5.41) is 14.1. The largest absolute Gasteiger partial charge is 0.416 e. The lowest BCUT2D eigenvalue weighted by Crippen LogP contribution is -3.12. The Kier molecular flexibility index (Phi) is 6.15. The zero-order valence-electron chi connectivity index (χ0n) is 15.1. The molecule has 0 spiro atoms. The van der Waals surface area contributed by atoms with E-state index in [-0.39, 0.29) is 12.2 Å². The lowest BCUT2D eigenvalue weighted by molar-refractivity contribution is -0.921. The predicted molar refractivity (Wildman–Crippen MR) is 97.1 cm³/mol. The summed E-state index contributed by atoms with van der Waals surface area (Å²) >= 11 is 0. The van der Waals surface area contributed by atoms with Gasteiger partial charge in [0.05, 0.1) is 23.7 Å². The minimum atomic E-state index is -4.63. The summed E-state index contributed by atoms with van der Waals surface area (Å²) in [5.74, 6) is 0. The van der Waals surface area contributed by atoms with Gasteiger partial charge in [0.25, 0.3) is 5.69 Å². The van der Waals surface area contributed by atoms with Gasteiger partial charge in [-0.15, -0.1) is 0 Å². The molecule has 1 aliphatic rings. The van der Waals surface area contributed by atoms with E-state index in [9.17, 15) is 23.3 Å². The van der Waals surface area contributed by atoms with E-state index in [1.54, 1.807) is 0 Å². The fourth-order valence-corrected chi connectivity index (χ4v) is 3.21. The van der Waals surface area contributed by atoms with E-state index < -0.39 is 22.4 Å². The maximum atomic E-state index is 12.8. The number of nitro benzene ring substituents is 1. The number of morpholine rings is 1. The van der Waals surface area contributed by atoms with E-state index in [1.165, 1.54) is 4.90 Å². The zero-order valence-corrected chi connectivity index (χ0v) is 15.1. The molecule has 0 bridgehead atoms. The molecule has 150 valence electrons. The third-order valence-corrected chi connectivity index (χ3v) is 4.75. The maximum Gasteiger partial charge on any atom is 0.416 e. The number of quaternary nitrogens is 1. The molecule has 2 N–H and O–H groups in total. The van der Waals surface area contributed by atoms with Gasteiger partial charge in [-0.1, -0.05) is 24.3 Å². The summed E-state index contributed by atoms with van der Waals surface area (Å²) in [5.41, 5.74) is 0.482. The Morgan fingerprint density at radius 2 is 1.79 bits per heavy atom. The van der Waals surface area contributed by atoms with E-state index in [2.05, 4.69) is 5.32 Å². The molecular formula is C19H21F3N3O3+. The fourth-order valence-electron chi connectivity index (χ4n) is 3.21. The van der Waals surface area contributed by atoms with Crippen LogP contribution >= 0.6 is 0 Å². The van der Waals surface area contributed by atoms with Crippen molar-refractivity contribution >= 4 is 11.4 Å². The minimum absolute atomic E-state index is 0.0616. The summed E-state index contributed by atoms with van der Waals surface area (Å²) < 4.78 is 43.9. The molecule has 0 aromatic heterocycles. The number of nitrogens with one attached hydrogen (secondary N) is 2. The van der Waals surface area contributed by atoms with Crippen LogP contribution < -0.4 is 10.2 Å². The van der Waals surface area contributed by atoms with Crippen LogP contribution in [0.25, 0.3) is 0 Å². The van der Waals surface area contributed by atoms with Gasteiger partial charge in [0.1, 0.15) is 25.3 Å². The molecule has 2 aromatic rings. The quantitative estimate of drug-likeness (QED) is 0.582. The Balaban J connectivity index is 1.76. The number of alkyl halides is 3. The molecule has 1 aliphatic heterocycles. The highest BCUT2D eigenvalue weighted by Gasteiger charge is 2.33. The van der Waals surface area contributed by atoms with Crippen LogP contribution in [0.5, 0.6) is 0 Å². The van der Waals surface area contributed by atoms with Gasteiger partial charge in [0, 0.05) is 18.2 Å². The van der Waals surface area contributed by atoms with Gasteiger partial charge in [-0.3, -0.25) is 10.1 Å². The SMILES string of the molecule is O=[N+]([O-])c1cc(C(F)(F)F)ccc1NCc1ccccc1C[NH+]1CCOCC1. The summed E-state index contributed by atoms with van der Waals surface area (Å²) in [6.07, 6.45) is -4.63. The van der Waals surface area contributed by atoms with Crippen molar-refractivity contribution in [2.45, 2.75) is 19.3 Å². The Labute approximate surface area is 160 Å². The van der Waals surface area contributed by atoms with Crippen LogP contribution in [0.2, 0.25) is 0 Å². The maximum absolute atomic E-state index is 12.8. The Hall–Kier alpha value is -2.65. The average Bonchev–Trinajstić information content (AvgIpc) is 2.67. The molecule has 3 rings (SSSR count). The highest BCUT2D eigenvalue weighted by atomic mass is 19.4. The van der Waals surface area contributed by atoms with Crippen LogP contribution in [0, 0.1) is 10.1 Å². The molecule has 0 aliphatic carbocycles. The number of nitro groups is 1. The summed E-state index contributed by atoms with van der Waals surface area (Å²) in [4.78, 5) is 11.8. The van der Waals surface area contributed by atoms with Crippen molar-refractivity contribution < 1.29 is 27.7 Å². The first-order valence-electron chi connectivity index (χ1n) is 8.92. The van der Waals surface area contributed by atoms with E-state index in [0.29, 0.717) is 19.3 Å². The second-order valence-corrected chi connectivity index (χ2v) is 6.65. The van der Waals surface area contributed by atoms with E-state index in [4.69, 9.17) is 4.74 Å². The van der Waals surface area contributed by atoms with Crippen molar-refractivity contribution in [1.82, 2.24) is 0 Å². The highest BCUT2D eigenvalue weighted by molar-refractivity contribution is 5.63. The number of halogens is 3. The summed E-state index contributed by atoms with van der Waals surface area (Å²) in [6.45, 7) is 4.34. The minimum Gasteiger partial charge on any atom is -0.375 e. The van der Waals surface area contributed by atoms with Crippen molar-refractivity contribution in [2.24, 2.45) is 0 Å². The number of anilines is 1. The van der Waals surface area contributed by atoms with E-state index in [0.717, 1.165) is 42.9 Å². The fraction of sp³-hybridized carbons (Fsp3) is 0.368. The molecule has 6 nitrogen and oxygen atoms in total. The summed E-state index contributed by atoms with van der Waals surface area (Å²) in [6, 6.07) is 10.2. The number of rotatable bonds is 6. The smallest absolute Gasteiger partial charge is 0.375 e. The van der Waals surface area contributed by atoms with Crippen LogP contribution in [0.1, 0.15) is 16.7 Å². The molecule has 0 unspecified atom stereocenters. The number of ether oxygens (including phenoxy) is 1. The predicted octanol–water partition coefficient (Wildman–Crippen LogP) is 2.64. The molecule has 28 heavy (non-hydrogen) atoms. The van der Waals surface area contributed by atoms with Crippen LogP contribution in [-0.4, -0.2) is 31.2 Å². The molecule has 1 saturated heterocycles. The zero-order chi connectivity index (χ0) is 20.1. The van der Waals surface area contributed by atoms with Gasteiger partial charge in [-0.25, -0.2) is 0 Å². The number of nitrogens with zero attached hydrogens (tertiary/aromatic N) is 1. The first kappa shape index (κ1) is 20.1. The average molecular weight is 396 g/mol. The van der Waals surface area contributed by atoms with Gasteiger partial charge in [0.2, 0.25) is 0 Å². The lowest BCUT2D eigenvalue weighted by Gasteiger charge is -2.24. The van der Waals surface area contributed by atoms with Crippen LogP contribution in [0.15, 0.2) is 42.5 Å². The van der Waals surface area contributed by atoms with Crippen molar-refractivity contribution in [1.29, 1.82) is 0 Å².